The lowest BCUT2D eigenvalue weighted by Gasteiger charge is -2.15. The van der Waals surface area contributed by atoms with E-state index >= 15 is 0 Å². The van der Waals surface area contributed by atoms with Crippen molar-refractivity contribution in [2.45, 2.75) is 19.3 Å². The van der Waals surface area contributed by atoms with Gasteiger partial charge in [0.1, 0.15) is 11.5 Å². The van der Waals surface area contributed by atoms with Crippen LogP contribution in [0, 0.1) is 11.8 Å². The van der Waals surface area contributed by atoms with Gasteiger partial charge < -0.3 is 8.98 Å². The molecule has 2 nitrogen and oxygen atoms in total. The maximum Gasteiger partial charge on any atom is 0.142 e. The van der Waals surface area contributed by atoms with Gasteiger partial charge in [-0.1, -0.05) is 127 Å². The second-order valence-electron chi connectivity index (χ2n) is 12.2. The van der Waals surface area contributed by atoms with Crippen molar-refractivity contribution in [2.24, 2.45) is 0 Å². The van der Waals surface area contributed by atoms with Crippen LogP contribution in [0.5, 0.6) is 0 Å². The first-order chi connectivity index (χ1) is 23.3. The number of benzene rings is 5. The number of hydrogen-bond donors (Lipinski definition) is 0. The van der Waals surface area contributed by atoms with E-state index in [4.69, 9.17) is 4.42 Å². The molecule has 0 fully saturated rings. The van der Waals surface area contributed by atoms with Gasteiger partial charge in [0.15, 0.2) is 0 Å². The Morgan fingerprint density at radius 1 is 0.638 bits per heavy atom. The lowest BCUT2D eigenvalue weighted by atomic mass is 9.88. The van der Waals surface area contributed by atoms with Crippen molar-refractivity contribution in [1.29, 1.82) is 0 Å². The molecule has 0 amide bonds. The van der Waals surface area contributed by atoms with Gasteiger partial charge in [0.05, 0.1) is 11.0 Å². The summed E-state index contributed by atoms with van der Waals surface area (Å²) in [5.74, 6) is 8.41. The van der Waals surface area contributed by atoms with Crippen LogP contribution in [-0.2, 0) is 6.42 Å². The fourth-order valence-corrected chi connectivity index (χ4v) is 7.28. The van der Waals surface area contributed by atoms with Crippen molar-refractivity contribution in [3.8, 4) is 51.3 Å². The molecule has 2 aliphatic rings. The molecule has 2 aromatic heterocycles. The number of nitrogens with zero attached hydrogens (tertiary/aromatic N) is 1. The Bertz CT molecular complexity index is 2470. The number of allylic oxidation sites excluding steroid dienone is 5. The summed E-state index contributed by atoms with van der Waals surface area (Å²) in [4.78, 5) is 0. The number of hydrogen-bond acceptors (Lipinski definition) is 1. The van der Waals surface area contributed by atoms with Crippen LogP contribution in [0.2, 0.25) is 0 Å². The Morgan fingerprint density at radius 3 is 2.28 bits per heavy atom. The van der Waals surface area contributed by atoms with Crippen molar-refractivity contribution in [3.63, 3.8) is 0 Å². The van der Waals surface area contributed by atoms with E-state index in [-0.39, 0.29) is 0 Å². The van der Waals surface area contributed by atoms with Gasteiger partial charge in [-0.05, 0) is 71.5 Å². The zero-order chi connectivity index (χ0) is 31.2. The summed E-state index contributed by atoms with van der Waals surface area (Å²) in [6.07, 6.45) is 13.3. The first-order valence-corrected chi connectivity index (χ1v) is 16.3. The third-order valence-electron chi connectivity index (χ3n) is 9.42. The fraction of sp³-hybridized carbons (Fsp3) is 0.0667. The van der Waals surface area contributed by atoms with E-state index in [1.807, 2.05) is 6.08 Å². The summed E-state index contributed by atoms with van der Waals surface area (Å²) >= 11 is 0. The molecule has 0 unspecified atom stereocenters. The number of para-hydroxylation sites is 2. The Kier molecular flexibility index (Phi) is 6.61. The minimum absolute atomic E-state index is 0.676. The standard InChI is InChI=1S/C45H31NO/c1-2-6-20-32(19-5-1)39-29-40-35-24-15-16-28-42(35)46(33-21-9-4-10-22-33)43(40)30-41(39)45-38-27-14-13-26-37(38)44(47-45)36-25-12-11-23-34(36)31-17-7-3-8-18-31/h1,3-5,7-13,15-19,21-26,28-30H,14,20,27H2. The zero-order valence-electron chi connectivity index (χ0n) is 25.9. The van der Waals surface area contributed by atoms with Crippen molar-refractivity contribution in [3.05, 3.63) is 162 Å². The molecule has 0 radical (unpaired) electrons. The van der Waals surface area contributed by atoms with Crippen molar-refractivity contribution in [2.75, 3.05) is 0 Å². The van der Waals surface area contributed by atoms with E-state index in [2.05, 4.69) is 162 Å². The molecule has 0 N–H and O–H groups in total. The van der Waals surface area contributed by atoms with Gasteiger partial charge in [0, 0.05) is 45.1 Å². The van der Waals surface area contributed by atoms with Gasteiger partial charge in [-0.15, -0.1) is 0 Å². The predicted octanol–water partition coefficient (Wildman–Crippen LogP) is 11.7. The molecule has 9 rings (SSSR count). The molecule has 2 aliphatic carbocycles. The summed E-state index contributed by atoms with van der Waals surface area (Å²) < 4.78 is 9.58. The number of furan rings is 1. The molecule has 2 heteroatoms. The van der Waals surface area contributed by atoms with Crippen LogP contribution >= 0.6 is 0 Å². The molecule has 0 bridgehead atoms. The van der Waals surface area contributed by atoms with E-state index in [0.717, 1.165) is 46.7 Å². The molecule has 5 aromatic carbocycles. The molecule has 0 saturated carbocycles. The van der Waals surface area contributed by atoms with Crippen LogP contribution in [0.25, 0.3) is 72.9 Å². The van der Waals surface area contributed by atoms with Gasteiger partial charge >= 0.3 is 0 Å². The number of aromatic nitrogens is 1. The molecular formula is C45H31NO. The highest BCUT2D eigenvalue weighted by atomic mass is 16.3. The summed E-state index contributed by atoms with van der Waals surface area (Å²) in [6.45, 7) is 0. The van der Waals surface area contributed by atoms with E-state index < -0.39 is 0 Å². The van der Waals surface area contributed by atoms with Crippen molar-refractivity contribution in [1.82, 2.24) is 4.57 Å². The molecule has 0 aliphatic heterocycles. The average Bonchev–Trinajstić information content (AvgIpc) is 3.54. The average molecular weight is 602 g/mol. The van der Waals surface area contributed by atoms with Gasteiger partial charge in [-0.3, -0.25) is 0 Å². The minimum atomic E-state index is 0.676. The highest BCUT2D eigenvalue weighted by molar-refractivity contribution is 6.12. The molecule has 2 heterocycles. The minimum Gasteiger partial charge on any atom is -0.455 e. The lowest BCUT2D eigenvalue weighted by molar-refractivity contribution is 0.594. The SMILES string of the molecule is C1#CCC(c2cc3c4ccccc4n(-c4ccccc4)c3cc2-c2oc(-c3ccccc3-c3ccccc3)c3c2CCC=C3)=CC=C1. The van der Waals surface area contributed by atoms with E-state index in [9.17, 15) is 0 Å². The molecule has 0 spiro atoms. The van der Waals surface area contributed by atoms with Crippen LogP contribution in [-0.4, -0.2) is 4.57 Å². The molecule has 0 saturated heterocycles. The quantitative estimate of drug-likeness (QED) is 0.180. The Labute approximate surface area is 274 Å². The normalized spacial score (nSPS) is 13.7. The summed E-state index contributed by atoms with van der Waals surface area (Å²) in [7, 11) is 0. The van der Waals surface area contributed by atoms with E-state index in [1.54, 1.807) is 0 Å². The molecule has 222 valence electrons. The van der Waals surface area contributed by atoms with Gasteiger partial charge in [-0.2, -0.15) is 0 Å². The Hall–Kier alpha value is -6.04. The summed E-state index contributed by atoms with van der Waals surface area (Å²) in [5.41, 5.74) is 12.9. The topological polar surface area (TPSA) is 18.1 Å². The van der Waals surface area contributed by atoms with Gasteiger partial charge in [-0.25, -0.2) is 0 Å². The maximum absolute atomic E-state index is 7.19. The predicted molar refractivity (Wildman–Crippen MR) is 196 cm³/mol. The van der Waals surface area contributed by atoms with Gasteiger partial charge in [0.25, 0.3) is 0 Å². The van der Waals surface area contributed by atoms with Crippen LogP contribution in [0.3, 0.4) is 0 Å². The van der Waals surface area contributed by atoms with Crippen molar-refractivity contribution < 1.29 is 4.42 Å². The highest BCUT2D eigenvalue weighted by Crippen LogP contribution is 2.47. The molecular weight excluding hydrogens is 571 g/mol. The molecule has 0 atom stereocenters. The van der Waals surface area contributed by atoms with E-state index in [1.165, 1.54) is 49.7 Å². The Balaban J connectivity index is 1.36. The first-order valence-electron chi connectivity index (χ1n) is 16.3. The van der Waals surface area contributed by atoms with Crippen molar-refractivity contribution >= 4 is 33.5 Å². The third kappa shape index (κ3) is 4.59. The molecule has 7 aromatic rings. The summed E-state index contributed by atoms with van der Waals surface area (Å²) in [5, 5.41) is 2.46. The monoisotopic (exact) mass is 601 g/mol. The molecule has 47 heavy (non-hydrogen) atoms. The zero-order valence-corrected chi connectivity index (χ0v) is 25.9. The third-order valence-corrected chi connectivity index (χ3v) is 9.42. The van der Waals surface area contributed by atoms with Gasteiger partial charge in [0.2, 0.25) is 0 Å². The van der Waals surface area contributed by atoms with Crippen LogP contribution in [0.1, 0.15) is 29.5 Å². The maximum atomic E-state index is 7.19. The fourth-order valence-electron chi connectivity index (χ4n) is 7.28. The first kappa shape index (κ1) is 27.3. The van der Waals surface area contributed by atoms with Crippen LogP contribution < -0.4 is 0 Å². The largest absolute Gasteiger partial charge is 0.455 e. The van der Waals surface area contributed by atoms with Crippen LogP contribution in [0.15, 0.2) is 150 Å². The smallest absolute Gasteiger partial charge is 0.142 e. The summed E-state index contributed by atoms with van der Waals surface area (Å²) in [6, 6.07) is 43.3. The lowest BCUT2D eigenvalue weighted by Crippen LogP contribution is -1.97. The highest BCUT2D eigenvalue weighted by Gasteiger charge is 2.27. The van der Waals surface area contributed by atoms with Crippen LogP contribution in [0.4, 0.5) is 0 Å². The number of rotatable bonds is 5. The Morgan fingerprint density at radius 2 is 1.40 bits per heavy atom. The second kappa shape index (κ2) is 11.4. The number of fused-ring (bicyclic) bond motifs is 4. The van der Waals surface area contributed by atoms with E-state index in [0.29, 0.717) is 6.42 Å². The second-order valence-corrected chi connectivity index (χ2v) is 12.2.